The highest BCUT2D eigenvalue weighted by atomic mass is 16.5. The highest BCUT2D eigenvalue weighted by Crippen LogP contribution is 2.21. The molecule has 0 aromatic rings. The molecule has 0 aliphatic heterocycles. The summed E-state index contributed by atoms with van der Waals surface area (Å²) < 4.78 is 5.52. The van der Waals surface area contributed by atoms with E-state index in [4.69, 9.17) is 4.74 Å². The lowest BCUT2D eigenvalue weighted by Gasteiger charge is -2.22. The number of unbranched alkanes of at least 4 members (excludes halogenated alkanes) is 67. The number of amides is 1. The second-order valence-electron chi connectivity index (χ2n) is 29.2. The molecule has 0 aromatic heterocycles. The first-order valence-electron chi connectivity index (χ1n) is 41.9. The van der Waals surface area contributed by atoms with Gasteiger partial charge in [-0.1, -0.05) is 437 Å². The van der Waals surface area contributed by atoms with E-state index in [1.54, 1.807) is 0 Å². The van der Waals surface area contributed by atoms with Crippen LogP contribution in [0.25, 0.3) is 0 Å². The largest absolute Gasteiger partial charge is 0.466 e. The van der Waals surface area contributed by atoms with Gasteiger partial charge >= 0.3 is 5.97 Å². The van der Waals surface area contributed by atoms with Gasteiger partial charge in [-0.15, -0.1) is 0 Å². The van der Waals surface area contributed by atoms with Gasteiger partial charge in [0.15, 0.2) is 0 Å². The molecule has 90 heavy (non-hydrogen) atoms. The average molecular weight is 1270 g/mol. The fourth-order valence-corrected chi connectivity index (χ4v) is 13.7. The van der Waals surface area contributed by atoms with Gasteiger partial charge in [-0.2, -0.15) is 0 Å². The van der Waals surface area contributed by atoms with Gasteiger partial charge in [-0.25, -0.2) is 0 Å². The van der Waals surface area contributed by atoms with Crippen molar-refractivity contribution in [2.24, 2.45) is 0 Å². The van der Waals surface area contributed by atoms with E-state index in [0.717, 1.165) is 38.5 Å². The van der Waals surface area contributed by atoms with E-state index in [9.17, 15) is 19.8 Å². The lowest BCUT2D eigenvalue weighted by molar-refractivity contribution is -0.143. The van der Waals surface area contributed by atoms with Crippen molar-refractivity contribution in [3.8, 4) is 0 Å². The molecule has 1 amide bonds. The first-order chi connectivity index (χ1) is 44.5. The first-order valence-corrected chi connectivity index (χ1v) is 41.9. The van der Waals surface area contributed by atoms with Crippen LogP contribution in [0, 0.1) is 0 Å². The van der Waals surface area contributed by atoms with E-state index in [1.165, 1.54) is 417 Å². The molecular formula is C84H165NO5. The standard InChI is InChI=1S/C84H165NO5/c1-3-5-7-9-11-13-15-17-19-21-40-44-48-52-56-60-64-68-72-76-82(87)81(80-86)85-83(88)77-73-69-65-61-57-53-49-45-42-38-36-34-32-30-28-26-24-23-25-27-29-31-33-35-37-39-43-47-51-55-59-63-67-71-75-79-90-84(89)78-74-70-66-62-58-54-50-46-41-22-20-18-16-14-12-10-8-6-4-2/h25,27,81-82,86-87H,3-24,26,28-80H2,1-2H3,(H,85,88)/b27-25-. The normalized spacial score (nSPS) is 12.4. The third-order valence-electron chi connectivity index (χ3n) is 20.1. The number of rotatable bonds is 80. The molecule has 0 saturated carbocycles. The van der Waals surface area contributed by atoms with Crippen molar-refractivity contribution in [3.63, 3.8) is 0 Å². The summed E-state index contributed by atoms with van der Waals surface area (Å²) in [7, 11) is 0. The van der Waals surface area contributed by atoms with Gasteiger partial charge in [0.1, 0.15) is 0 Å². The van der Waals surface area contributed by atoms with Gasteiger partial charge in [0.05, 0.1) is 25.4 Å². The van der Waals surface area contributed by atoms with Crippen molar-refractivity contribution in [2.45, 2.75) is 501 Å². The SMILES string of the molecule is CCCCCCCCCCCCCCCCCCCCCC(=O)OCCCCCCCCCCCCCCCC/C=C\CCCCCCCCCCCCCCCCCCCC(=O)NC(CO)C(O)CCCCCCCCCCCCCCCCCCCCC. The molecule has 0 fully saturated rings. The zero-order valence-corrected chi connectivity index (χ0v) is 61.7. The molecule has 0 radical (unpaired) electrons. The van der Waals surface area contributed by atoms with E-state index >= 15 is 0 Å². The Bertz CT molecular complexity index is 1370. The number of nitrogens with one attached hydrogen (secondary N) is 1. The van der Waals surface area contributed by atoms with Crippen LogP contribution in [0.3, 0.4) is 0 Å². The van der Waals surface area contributed by atoms with E-state index in [1.807, 2.05) is 0 Å². The van der Waals surface area contributed by atoms with Gasteiger partial charge in [0.25, 0.3) is 0 Å². The summed E-state index contributed by atoms with van der Waals surface area (Å²) in [5.41, 5.74) is 0. The third kappa shape index (κ3) is 75.6. The van der Waals surface area contributed by atoms with Crippen LogP contribution >= 0.6 is 0 Å². The molecular weight excluding hydrogens is 1100 g/mol. The lowest BCUT2D eigenvalue weighted by atomic mass is 10.0. The van der Waals surface area contributed by atoms with Crippen LogP contribution in [-0.2, 0) is 14.3 Å². The zero-order chi connectivity index (χ0) is 64.9. The molecule has 0 aromatic carbocycles. The minimum absolute atomic E-state index is 0.0259. The predicted molar refractivity (Wildman–Crippen MR) is 398 cm³/mol. The lowest BCUT2D eigenvalue weighted by Crippen LogP contribution is -2.45. The average Bonchev–Trinajstić information content (AvgIpc) is 3.74. The fourth-order valence-electron chi connectivity index (χ4n) is 13.7. The maximum absolute atomic E-state index is 12.6. The summed E-state index contributed by atoms with van der Waals surface area (Å²) in [5.74, 6) is 0.000516. The molecule has 3 N–H and O–H groups in total. The number of hydrogen-bond acceptors (Lipinski definition) is 5. The second-order valence-corrected chi connectivity index (χ2v) is 29.2. The Kier molecular flexibility index (Phi) is 78.8. The van der Waals surface area contributed by atoms with Crippen LogP contribution in [0.4, 0.5) is 0 Å². The number of aliphatic hydroxyl groups is 2. The third-order valence-corrected chi connectivity index (χ3v) is 20.1. The van der Waals surface area contributed by atoms with Crippen LogP contribution in [-0.4, -0.2) is 47.4 Å². The van der Waals surface area contributed by atoms with Gasteiger partial charge in [-0.3, -0.25) is 9.59 Å². The summed E-state index contributed by atoms with van der Waals surface area (Å²) in [6, 6.07) is -0.539. The van der Waals surface area contributed by atoms with Gasteiger partial charge in [0.2, 0.25) is 5.91 Å². The summed E-state index contributed by atoms with van der Waals surface area (Å²) in [6.07, 6.45) is 102. The molecule has 0 saturated heterocycles. The van der Waals surface area contributed by atoms with Gasteiger partial charge in [-0.05, 0) is 51.4 Å². The summed E-state index contributed by atoms with van der Waals surface area (Å²) in [5, 5.41) is 23.4. The number of carbonyl (C=O) groups is 2. The molecule has 0 spiro atoms. The number of esters is 1. The number of hydrogen-bond donors (Lipinski definition) is 3. The van der Waals surface area contributed by atoms with Crippen LogP contribution in [0.2, 0.25) is 0 Å². The van der Waals surface area contributed by atoms with E-state index in [2.05, 4.69) is 31.3 Å². The Balaban J connectivity index is 3.32. The molecule has 0 bridgehead atoms. The maximum Gasteiger partial charge on any atom is 0.305 e. The second kappa shape index (κ2) is 80.0. The number of ether oxygens (including phenoxy) is 1. The Labute approximate surface area is 565 Å². The van der Waals surface area contributed by atoms with Crippen molar-refractivity contribution in [3.05, 3.63) is 12.2 Å². The fraction of sp³-hybridized carbons (Fsp3) is 0.952. The summed E-state index contributed by atoms with van der Waals surface area (Å²) >= 11 is 0. The quantitative estimate of drug-likeness (QED) is 0.0320. The summed E-state index contributed by atoms with van der Waals surface area (Å²) in [6.45, 7) is 5.02. The Morgan fingerprint density at radius 2 is 0.522 bits per heavy atom. The van der Waals surface area contributed by atoms with Crippen molar-refractivity contribution in [1.82, 2.24) is 5.32 Å². The molecule has 536 valence electrons. The molecule has 0 heterocycles. The first kappa shape index (κ1) is 88.6. The van der Waals surface area contributed by atoms with Crippen LogP contribution in [0.1, 0.15) is 489 Å². The van der Waals surface area contributed by atoms with Crippen molar-refractivity contribution in [1.29, 1.82) is 0 Å². The van der Waals surface area contributed by atoms with Crippen LogP contribution in [0.15, 0.2) is 12.2 Å². The predicted octanol–water partition coefficient (Wildman–Crippen LogP) is 27.8. The number of allylic oxidation sites excluding steroid dienone is 2. The maximum atomic E-state index is 12.6. The van der Waals surface area contributed by atoms with Crippen LogP contribution in [0.5, 0.6) is 0 Å². The number of carbonyl (C=O) groups excluding carboxylic acids is 2. The smallest absolute Gasteiger partial charge is 0.305 e. The van der Waals surface area contributed by atoms with Crippen molar-refractivity contribution >= 4 is 11.9 Å². The summed E-state index contributed by atoms with van der Waals surface area (Å²) in [4.78, 5) is 24.7. The zero-order valence-electron chi connectivity index (χ0n) is 61.7. The van der Waals surface area contributed by atoms with E-state index in [0.29, 0.717) is 25.9 Å². The van der Waals surface area contributed by atoms with E-state index in [-0.39, 0.29) is 18.5 Å². The Morgan fingerprint density at radius 3 is 0.789 bits per heavy atom. The molecule has 6 nitrogen and oxygen atoms in total. The highest BCUT2D eigenvalue weighted by molar-refractivity contribution is 5.76. The van der Waals surface area contributed by atoms with Gasteiger partial charge in [0, 0.05) is 12.8 Å². The monoisotopic (exact) mass is 1270 g/mol. The van der Waals surface area contributed by atoms with E-state index < -0.39 is 12.1 Å². The topological polar surface area (TPSA) is 95.9 Å². The molecule has 2 unspecified atom stereocenters. The molecule has 2 atom stereocenters. The highest BCUT2D eigenvalue weighted by Gasteiger charge is 2.20. The van der Waals surface area contributed by atoms with Crippen molar-refractivity contribution in [2.75, 3.05) is 13.2 Å². The van der Waals surface area contributed by atoms with Crippen LogP contribution < -0.4 is 5.32 Å². The number of aliphatic hydroxyl groups excluding tert-OH is 2. The minimum Gasteiger partial charge on any atom is -0.466 e. The molecule has 0 aliphatic rings. The Hall–Kier alpha value is -1.40. The minimum atomic E-state index is -0.662. The molecule has 0 rings (SSSR count). The molecule has 6 heteroatoms. The van der Waals surface area contributed by atoms with Gasteiger partial charge < -0.3 is 20.3 Å². The van der Waals surface area contributed by atoms with Crippen molar-refractivity contribution < 1.29 is 24.5 Å². The Morgan fingerprint density at radius 1 is 0.300 bits per heavy atom. The molecule has 0 aliphatic carbocycles.